The van der Waals surface area contributed by atoms with Gasteiger partial charge in [0, 0.05) is 12.8 Å². The van der Waals surface area contributed by atoms with Crippen molar-refractivity contribution in [3.05, 3.63) is 11.9 Å². The topological polar surface area (TPSA) is 52.0 Å². The normalized spacial score (nSPS) is 27.5. The number of ether oxygens (including phenoxy) is 1. The molecule has 2 fully saturated rings. The van der Waals surface area contributed by atoms with E-state index in [1.54, 1.807) is 0 Å². The number of aromatic nitrogens is 3. The molecule has 3 heterocycles. The Kier molecular flexibility index (Phi) is 3.35. The Balaban J connectivity index is 1.73. The van der Waals surface area contributed by atoms with Crippen molar-refractivity contribution in [3.63, 3.8) is 0 Å². The summed E-state index contributed by atoms with van der Waals surface area (Å²) in [6, 6.07) is 0.463. The highest BCUT2D eigenvalue weighted by molar-refractivity contribution is 4.96. The van der Waals surface area contributed by atoms with E-state index in [1.165, 1.54) is 0 Å². The number of piperidine rings is 1. The van der Waals surface area contributed by atoms with Gasteiger partial charge in [-0.2, -0.15) is 0 Å². The minimum absolute atomic E-state index is 0.0898. The van der Waals surface area contributed by atoms with Gasteiger partial charge < -0.3 is 10.1 Å². The molecule has 0 radical (unpaired) electrons. The van der Waals surface area contributed by atoms with Crippen molar-refractivity contribution in [1.29, 1.82) is 0 Å². The third-order valence-corrected chi connectivity index (χ3v) is 4.28. The van der Waals surface area contributed by atoms with E-state index in [-0.39, 0.29) is 5.60 Å². The van der Waals surface area contributed by atoms with E-state index in [0.717, 1.165) is 57.5 Å². The van der Waals surface area contributed by atoms with E-state index in [4.69, 9.17) is 4.74 Å². The highest BCUT2D eigenvalue weighted by atomic mass is 16.5. The van der Waals surface area contributed by atoms with Crippen molar-refractivity contribution in [3.8, 4) is 0 Å². The molecule has 0 aliphatic carbocycles. The average molecular weight is 250 g/mol. The van der Waals surface area contributed by atoms with E-state index in [1.807, 2.05) is 0 Å². The molecule has 0 aromatic carbocycles. The lowest BCUT2D eigenvalue weighted by Gasteiger charge is -2.43. The van der Waals surface area contributed by atoms with Gasteiger partial charge in [-0.1, -0.05) is 12.1 Å². The number of nitrogens with zero attached hydrogens (tertiary/aromatic N) is 3. The summed E-state index contributed by atoms with van der Waals surface area (Å²) in [6.07, 6.45) is 7.45. The fourth-order valence-corrected chi connectivity index (χ4v) is 3.11. The Bertz CT molecular complexity index is 392. The molecule has 2 saturated heterocycles. The molecule has 0 bridgehead atoms. The standard InChI is InChI=1S/C13H22N4O/c1-2-11-10-17(16-15-11)12-3-8-18-13(9-12)4-6-14-7-5-13/h10,12,14H,2-9H2,1H3. The molecule has 3 rings (SSSR count). The SMILES string of the molecule is CCc1cn(C2CCOC3(CCNCC3)C2)nn1. The van der Waals surface area contributed by atoms with Crippen molar-refractivity contribution in [1.82, 2.24) is 20.3 Å². The minimum Gasteiger partial charge on any atom is -0.375 e. The van der Waals surface area contributed by atoms with E-state index in [9.17, 15) is 0 Å². The molecule has 1 aromatic heterocycles. The van der Waals surface area contributed by atoms with Crippen LogP contribution >= 0.6 is 0 Å². The molecule has 0 saturated carbocycles. The summed E-state index contributed by atoms with van der Waals surface area (Å²) < 4.78 is 8.15. The van der Waals surface area contributed by atoms with Crippen molar-refractivity contribution >= 4 is 0 Å². The second-order valence-corrected chi connectivity index (χ2v) is 5.47. The molecule has 2 aliphatic heterocycles. The third-order valence-electron chi connectivity index (χ3n) is 4.28. The Labute approximate surface area is 108 Å². The van der Waals surface area contributed by atoms with Gasteiger partial charge in [0.1, 0.15) is 0 Å². The summed E-state index contributed by atoms with van der Waals surface area (Å²) in [7, 11) is 0. The molecule has 5 nitrogen and oxygen atoms in total. The molecule has 1 unspecified atom stereocenters. The Morgan fingerprint density at radius 2 is 2.33 bits per heavy atom. The van der Waals surface area contributed by atoms with Crippen molar-refractivity contribution in [2.75, 3.05) is 19.7 Å². The fourth-order valence-electron chi connectivity index (χ4n) is 3.11. The van der Waals surface area contributed by atoms with Crippen LogP contribution in [0.2, 0.25) is 0 Å². The first kappa shape index (κ1) is 12.1. The molecule has 5 heteroatoms. The average Bonchev–Trinajstić information content (AvgIpc) is 2.88. The highest BCUT2D eigenvalue weighted by Crippen LogP contribution is 2.37. The largest absolute Gasteiger partial charge is 0.375 e. The maximum atomic E-state index is 6.09. The summed E-state index contributed by atoms with van der Waals surface area (Å²) in [5, 5.41) is 11.9. The maximum absolute atomic E-state index is 6.09. The van der Waals surface area contributed by atoms with Crippen LogP contribution < -0.4 is 5.32 Å². The summed E-state index contributed by atoms with van der Waals surface area (Å²) in [5.74, 6) is 0. The van der Waals surface area contributed by atoms with E-state index in [0.29, 0.717) is 6.04 Å². The quantitative estimate of drug-likeness (QED) is 0.860. The zero-order valence-electron chi connectivity index (χ0n) is 11.1. The molecular weight excluding hydrogens is 228 g/mol. The van der Waals surface area contributed by atoms with Gasteiger partial charge in [0.25, 0.3) is 0 Å². The lowest BCUT2D eigenvalue weighted by atomic mass is 9.83. The fraction of sp³-hybridized carbons (Fsp3) is 0.846. The smallest absolute Gasteiger partial charge is 0.0824 e. The van der Waals surface area contributed by atoms with Crippen LogP contribution in [0.25, 0.3) is 0 Å². The highest BCUT2D eigenvalue weighted by Gasteiger charge is 2.39. The first-order chi connectivity index (χ1) is 8.81. The number of hydrogen-bond donors (Lipinski definition) is 1. The van der Waals surface area contributed by atoms with Gasteiger partial charge in [-0.15, -0.1) is 5.10 Å². The maximum Gasteiger partial charge on any atom is 0.0824 e. The first-order valence-electron chi connectivity index (χ1n) is 7.07. The summed E-state index contributed by atoms with van der Waals surface area (Å²) in [6.45, 7) is 5.12. The molecule has 1 N–H and O–H groups in total. The molecule has 1 atom stereocenters. The van der Waals surface area contributed by atoms with Gasteiger partial charge in [-0.3, -0.25) is 0 Å². The molecule has 1 aromatic rings. The second kappa shape index (κ2) is 4.97. The van der Waals surface area contributed by atoms with Crippen molar-refractivity contribution in [2.45, 2.75) is 50.7 Å². The zero-order valence-corrected chi connectivity index (χ0v) is 11.1. The summed E-state index contributed by atoms with van der Waals surface area (Å²) in [5.41, 5.74) is 1.17. The monoisotopic (exact) mass is 250 g/mol. The Hall–Kier alpha value is -0.940. The zero-order chi connectivity index (χ0) is 12.4. The van der Waals surface area contributed by atoms with Crippen LogP contribution in [0.5, 0.6) is 0 Å². The van der Waals surface area contributed by atoms with Crippen LogP contribution in [0.15, 0.2) is 6.20 Å². The second-order valence-electron chi connectivity index (χ2n) is 5.47. The van der Waals surface area contributed by atoms with Crippen molar-refractivity contribution < 1.29 is 4.74 Å². The molecule has 18 heavy (non-hydrogen) atoms. The van der Waals surface area contributed by atoms with Gasteiger partial charge in [0.15, 0.2) is 0 Å². The summed E-state index contributed by atoms with van der Waals surface area (Å²) >= 11 is 0. The Morgan fingerprint density at radius 1 is 1.50 bits per heavy atom. The van der Waals surface area contributed by atoms with Gasteiger partial charge in [0.2, 0.25) is 0 Å². The minimum atomic E-state index is 0.0898. The molecule has 0 amide bonds. The summed E-state index contributed by atoms with van der Waals surface area (Å²) in [4.78, 5) is 0. The molecule has 1 spiro atoms. The molecule has 100 valence electrons. The number of hydrogen-bond acceptors (Lipinski definition) is 4. The number of rotatable bonds is 2. The van der Waals surface area contributed by atoms with E-state index in [2.05, 4.69) is 33.4 Å². The molecular formula is C13H22N4O. The lowest BCUT2D eigenvalue weighted by Crippen LogP contribution is -2.48. The number of aryl methyl sites for hydroxylation is 1. The van der Waals surface area contributed by atoms with Crippen LogP contribution in [-0.4, -0.2) is 40.3 Å². The predicted octanol–water partition coefficient (Wildman–Crippen LogP) is 1.31. The first-order valence-corrected chi connectivity index (χ1v) is 7.07. The van der Waals surface area contributed by atoms with Crippen LogP contribution in [0.1, 0.15) is 44.3 Å². The van der Waals surface area contributed by atoms with E-state index < -0.39 is 0 Å². The third kappa shape index (κ3) is 2.29. The Morgan fingerprint density at radius 3 is 3.06 bits per heavy atom. The van der Waals surface area contributed by atoms with Gasteiger partial charge in [0.05, 0.1) is 17.3 Å². The predicted molar refractivity (Wildman–Crippen MR) is 68.5 cm³/mol. The van der Waals surface area contributed by atoms with Crippen LogP contribution in [0.4, 0.5) is 0 Å². The number of nitrogens with one attached hydrogen (secondary N) is 1. The molecule has 2 aliphatic rings. The van der Waals surface area contributed by atoms with E-state index >= 15 is 0 Å². The van der Waals surface area contributed by atoms with Gasteiger partial charge in [-0.25, -0.2) is 4.68 Å². The van der Waals surface area contributed by atoms with Gasteiger partial charge in [-0.05, 0) is 45.2 Å². The van der Waals surface area contributed by atoms with Crippen LogP contribution in [-0.2, 0) is 11.2 Å². The van der Waals surface area contributed by atoms with Crippen LogP contribution in [0.3, 0.4) is 0 Å². The lowest BCUT2D eigenvalue weighted by molar-refractivity contribution is -0.112. The van der Waals surface area contributed by atoms with Crippen LogP contribution in [0, 0.1) is 0 Å². The van der Waals surface area contributed by atoms with Crippen molar-refractivity contribution in [2.24, 2.45) is 0 Å². The van der Waals surface area contributed by atoms with Gasteiger partial charge >= 0.3 is 0 Å².